The Balaban J connectivity index is 0.000000390. The predicted molar refractivity (Wildman–Crippen MR) is 122 cm³/mol. The van der Waals surface area contributed by atoms with Crippen molar-refractivity contribution in [2.45, 2.75) is 88.3 Å². The van der Waals surface area contributed by atoms with Gasteiger partial charge in [-0.3, -0.25) is 0 Å². The first-order valence-electron chi connectivity index (χ1n) is 10.8. The first-order chi connectivity index (χ1) is 14.4. The van der Waals surface area contributed by atoms with Crippen LogP contribution in [0.1, 0.15) is 71.9 Å². The molecule has 1 saturated heterocycles. The minimum absolute atomic E-state index is 0.236. The van der Waals surface area contributed by atoms with Crippen molar-refractivity contribution in [3.63, 3.8) is 0 Å². The Hall–Kier alpha value is -0.770. The molecule has 2 aliphatic rings. The van der Waals surface area contributed by atoms with Crippen LogP contribution in [0.5, 0.6) is 0 Å². The Bertz CT molecular complexity index is 859. The van der Waals surface area contributed by atoms with Crippen LogP contribution in [0.25, 0.3) is 0 Å². The van der Waals surface area contributed by atoms with Crippen LogP contribution < -0.4 is 0 Å². The number of fused-ring (bicyclic) bond motifs is 1. The van der Waals surface area contributed by atoms with Gasteiger partial charge in [-0.15, -0.1) is 0 Å². The van der Waals surface area contributed by atoms with E-state index in [0.29, 0.717) is 21.7 Å². The smallest absolute Gasteiger partial charge is 0.485 e. The standard InChI is InChI=1S/C22H35OS.CHF3O3S/c1-16-7-12-19-20(13-16)23-15-24(22(19,5)6)14-17-8-10-18(11-9-17)21(2,3)4;2-1(3,4)8(5,6)7/h8-11,16,19-20H,7,12-15H2,1-6H3;(H,5,6,7)/q+1;/p-1/t16-,19-,20-,24?;/m0./s1. The molecule has 1 saturated carbocycles. The molecule has 32 heavy (non-hydrogen) atoms. The average Bonchev–Trinajstić information content (AvgIpc) is 2.62. The lowest BCUT2D eigenvalue weighted by atomic mass is 9.75. The van der Waals surface area contributed by atoms with Crippen molar-refractivity contribution in [3.05, 3.63) is 35.4 Å². The summed E-state index contributed by atoms with van der Waals surface area (Å²) >= 11 is 0. The summed E-state index contributed by atoms with van der Waals surface area (Å²) in [5.41, 5.74) is -2.51. The van der Waals surface area contributed by atoms with E-state index in [2.05, 4.69) is 65.8 Å². The number of hydrogen-bond acceptors (Lipinski definition) is 4. The minimum Gasteiger partial charge on any atom is -0.741 e. The van der Waals surface area contributed by atoms with Crippen LogP contribution in [0.2, 0.25) is 0 Å². The monoisotopic (exact) mass is 496 g/mol. The lowest BCUT2D eigenvalue weighted by molar-refractivity contribution is -0.0517. The van der Waals surface area contributed by atoms with E-state index in [1.807, 2.05) is 0 Å². The predicted octanol–water partition coefficient (Wildman–Crippen LogP) is 5.72. The summed E-state index contributed by atoms with van der Waals surface area (Å²) in [5, 5.41) is 0. The van der Waals surface area contributed by atoms with Crippen LogP contribution in [0.3, 0.4) is 0 Å². The number of ether oxygens (including phenoxy) is 1. The van der Waals surface area contributed by atoms with E-state index in [1.54, 1.807) is 0 Å². The molecule has 1 aliphatic carbocycles. The SMILES string of the molecule is C[C@H]1CC[C@H]2[C@H](C1)OC[S+](Cc1ccc(C(C)(C)C)cc1)C2(C)C.O=S(=O)([O-])C(F)(F)F. The summed E-state index contributed by atoms with van der Waals surface area (Å²) in [5.74, 6) is 3.73. The molecule has 4 nitrogen and oxygen atoms in total. The third kappa shape index (κ3) is 6.87. The zero-order valence-corrected chi connectivity index (χ0v) is 21.3. The maximum Gasteiger partial charge on any atom is 0.485 e. The summed E-state index contributed by atoms with van der Waals surface area (Å²) < 4.78 is 65.7. The minimum atomic E-state index is -6.09. The topological polar surface area (TPSA) is 66.4 Å². The highest BCUT2D eigenvalue weighted by Gasteiger charge is 2.54. The van der Waals surface area contributed by atoms with Gasteiger partial charge in [0.15, 0.2) is 10.1 Å². The molecule has 1 aromatic carbocycles. The maximum atomic E-state index is 10.7. The van der Waals surface area contributed by atoms with E-state index in [-0.39, 0.29) is 5.41 Å². The fraction of sp³-hybridized carbons (Fsp3) is 0.739. The molecular weight excluding hydrogens is 461 g/mol. The van der Waals surface area contributed by atoms with Crippen molar-refractivity contribution in [2.75, 3.05) is 5.94 Å². The molecule has 2 fully saturated rings. The van der Waals surface area contributed by atoms with Gasteiger partial charge in [-0.1, -0.05) is 58.4 Å². The summed E-state index contributed by atoms with van der Waals surface area (Å²) in [6, 6.07) is 9.33. The van der Waals surface area contributed by atoms with Crippen LogP contribution in [0, 0.1) is 11.8 Å². The van der Waals surface area contributed by atoms with Gasteiger partial charge in [0.05, 0.1) is 6.10 Å². The first kappa shape index (κ1) is 27.5. The Labute approximate surface area is 193 Å². The van der Waals surface area contributed by atoms with Crippen LogP contribution in [0.4, 0.5) is 13.2 Å². The summed E-state index contributed by atoms with van der Waals surface area (Å²) in [6.45, 7) is 14.3. The number of benzene rings is 1. The molecule has 4 atom stereocenters. The van der Waals surface area contributed by atoms with Crippen LogP contribution in [-0.4, -0.2) is 35.3 Å². The van der Waals surface area contributed by atoms with Gasteiger partial charge in [-0.05, 0) is 43.6 Å². The van der Waals surface area contributed by atoms with E-state index in [9.17, 15) is 13.2 Å². The summed E-state index contributed by atoms with van der Waals surface area (Å²) in [7, 11) is -5.78. The highest BCUT2D eigenvalue weighted by atomic mass is 32.2. The zero-order valence-electron chi connectivity index (χ0n) is 19.7. The normalized spacial score (nSPS) is 28.3. The van der Waals surface area contributed by atoms with Gasteiger partial charge in [-0.25, -0.2) is 8.42 Å². The molecule has 1 heterocycles. The number of hydrogen-bond donors (Lipinski definition) is 0. The summed E-state index contributed by atoms with van der Waals surface area (Å²) in [4.78, 5) is 0. The second-order valence-corrected chi connectivity index (χ2v) is 14.4. The van der Waals surface area contributed by atoms with Gasteiger partial charge < -0.3 is 9.29 Å². The molecule has 0 aromatic heterocycles. The molecule has 9 heteroatoms. The van der Waals surface area contributed by atoms with Crippen LogP contribution >= 0.6 is 0 Å². The van der Waals surface area contributed by atoms with Crippen molar-refractivity contribution in [1.82, 2.24) is 0 Å². The fourth-order valence-corrected chi connectivity index (χ4v) is 6.76. The van der Waals surface area contributed by atoms with Crippen molar-refractivity contribution >= 4 is 21.0 Å². The molecule has 0 amide bonds. The number of rotatable bonds is 2. The molecule has 1 aliphatic heterocycles. The third-order valence-electron chi connectivity index (χ3n) is 6.56. The fourth-order valence-electron chi connectivity index (χ4n) is 4.37. The molecule has 0 bridgehead atoms. The van der Waals surface area contributed by atoms with Crippen molar-refractivity contribution in [1.29, 1.82) is 0 Å². The molecule has 0 radical (unpaired) electrons. The highest BCUT2D eigenvalue weighted by molar-refractivity contribution is 7.97. The van der Waals surface area contributed by atoms with Gasteiger partial charge >= 0.3 is 5.51 Å². The molecule has 0 spiro atoms. The van der Waals surface area contributed by atoms with E-state index in [1.165, 1.54) is 36.1 Å². The van der Waals surface area contributed by atoms with Gasteiger partial charge in [0.1, 0.15) is 10.5 Å². The van der Waals surface area contributed by atoms with Crippen LogP contribution in [-0.2, 0) is 36.9 Å². The Morgan fingerprint density at radius 3 is 2.12 bits per heavy atom. The quantitative estimate of drug-likeness (QED) is 0.298. The van der Waals surface area contributed by atoms with Crippen molar-refractivity contribution < 1.29 is 30.9 Å². The third-order valence-corrected chi connectivity index (χ3v) is 10.0. The molecule has 3 rings (SSSR count). The van der Waals surface area contributed by atoms with Crippen LogP contribution in [0.15, 0.2) is 24.3 Å². The Morgan fingerprint density at radius 1 is 1.12 bits per heavy atom. The second-order valence-electron chi connectivity index (χ2n) is 10.4. The Kier molecular flexibility index (Phi) is 8.45. The summed E-state index contributed by atoms with van der Waals surface area (Å²) in [6.07, 6.45) is 4.51. The molecule has 184 valence electrons. The van der Waals surface area contributed by atoms with Gasteiger partial charge in [0.2, 0.25) is 5.94 Å². The lowest BCUT2D eigenvalue weighted by Gasteiger charge is -2.46. The molecular formula is C23H35F3O4S2. The highest BCUT2D eigenvalue weighted by Crippen LogP contribution is 2.46. The van der Waals surface area contributed by atoms with E-state index in [4.69, 9.17) is 17.7 Å². The first-order valence-corrected chi connectivity index (χ1v) is 13.8. The molecule has 0 N–H and O–H groups in total. The Morgan fingerprint density at radius 2 is 1.66 bits per heavy atom. The van der Waals surface area contributed by atoms with E-state index in [0.717, 1.165) is 17.8 Å². The molecule has 1 unspecified atom stereocenters. The van der Waals surface area contributed by atoms with Gasteiger partial charge in [0.25, 0.3) is 0 Å². The average molecular weight is 497 g/mol. The lowest BCUT2D eigenvalue weighted by Crippen LogP contribution is -2.55. The molecule has 1 aromatic rings. The number of halogens is 3. The van der Waals surface area contributed by atoms with Gasteiger partial charge in [0, 0.05) is 22.4 Å². The van der Waals surface area contributed by atoms with Crippen molar-refractivity contribution in [2.24, 2.45) is 11.8 Å². The van der Waals surface area contributed by atoms with Crippen molar-refractivity contribution in [3.8, 4) is 0 Å². The number of alkyl halides is 3. The zero-order chi connectivity index (χ0) is 24.5. The van der Waals surface area contributed by atoms with E-state index >= 15 is 0 Å². The largest absolute Gasteiger partial charge is 0.741 e. The van der Waals surface area contributed by atoms with E-state index < -0.39 is 15.6 Å². The maximum absolute atomic E-state index is 10.7. The van der Waals surface area contributed by atoms with Gasteiger partial charge in [-0.2, -0.15) is 13.2 Å². The second kappa shape index (κ2) is 9.84.